The number of hydrogen-bond donors (Lipinski definition) is 2. The van der Waals surface area contributed by atoms with Crippen LogP contribution in [-0.4, -0.2) is 14.2 Å². The highest BCUT2D eigenvalue weighted by Gasteiger charge is 2.17. The molecule has 3 N–H and O–H groups in total. The molecule has 4 nitrogen and oxygen atoms in total. The minimum Gasteiger partial charge on any atom is -0.384 e. The summed E-state index contributed by atoms with van der Waals surface area (Å²) < 4.78 is 12.6. The summed E-state index contributed by atoms with van der Waals surface area (Å²) in [7, 11) is -1.33. The molecule has 0 aliphatic rings. The molecule has 0 amide bonds. The zero-order valence-corrected chi connectivity index (χ0v) is 11.2. The predicted molar refractivity (Wildman–Crippen MR) is 76.4 cm³/mol. The normalized spacial score (nSPS) is 12.7. The Morgan fingerprint density at radius 3 is 2.68 bits per heavy atom. The SMILES string of the molecule is Cc1ccc(S(=O)c2c(N)[nH]c3cccnc23)cc1. The van der Waals surface area contributed by atoms with Crippen LogP contribution in [0.15, 0.2) is 52.4 Å². The number of fused-ring (bicyclic) bond motifs is 1. The number of aryl methyl sites for hydroxylation is 1. The van der Waals surface area contributed by atoms with Crippen LogP contribution in [0, 0.1) is 6.92 Å². The summed E-state index contributed by atoms with van der Waals surface area (Å²) in [5.41, 5.74) is 8.53. The fraction of sp³-hybridized carbons (Fsp3) is 0.0714. The Bertz CT molecular complexity index is 762. The van der Waals surface area contributed by atoms with Crippen molar-refractivity contribution in [3.05, 3.63) is 48.2 Å². The van der Waals surface area contributed by atoms with Crippen molar-refractivity contribution in [2.24, 2.45) is 0 Å². The molecule has 96 valence electrons. The Balaban J connectivity index is 2.16. The van der Waals surface area contributed by atoms with Gasteiger partial charge in [-0.2, -0.15) is 0 Å². The molecule has 0 radical (unpaired) electrons. The third-order valence-electron chi connectivity index (χ3n) is 2.96. The average Bonchev–Trinajstić information content (AvgIpc) is 2.74. The molecular weight excluding hydrogens is 258 g/mol. The maximum Gasteiger partial charge on any atom is 0.120 e. The highest BCUT2D eigenvalue weighted by Crippen LogP contribution is 2.29. The molecule has 0 spiro atoms. The smallest absolute Gasteiger partial charge is 0.120 e. The first-order chi connectivity index (χ1) is 9.16. The first-order valence-electron chi connectivity index (χ1n) is 5.87. The molecule has 2 aromatic heterocycles. The average molecular weight is 271 g/mol. The molecule has 0 bridgehead atoms. The lowest BCUT2D eigenvalue weighted by Crippen LogP contribution is -1.97. The largest absolute Gasteiger partial charge is 0.384 e. The topological polar surface area (TPSA) is 71.8 Å². The van der Waals surface area contributed by atoms with Crippen molar-refractivity contribution in [1.82, 2.24) is 9.97 Å². The summed E-state index contributed by atoms with van der Waals surface area (Å²) in [5, 5.41) is 0. The molecule has 0 fully saturated rings. The maximum absolute atomic E-state index is 12.6. The zero-order valence-electron chi connectivity index (χ0n) is 10.4. The van der Waals surface area contributed by atoms with Gasteiger partial charge in [-0.3, -0.25) is 4.98 Å². The van der Waals surface area contributed by atoms with Gasteiger partial charge in [0.15, 0.2) is 0 Å². The molecule has 3 rings (SSSR count). The van der Waals surface area contributed by atoms with Gasteiger partial charge in [0.05, 0.1) is 16.3 Å². The number of rotatable bonds is 2. The second kappa shape index (κ2) is 4.51. The number of hydrogen-bond acceptors (Lipinski definition) is 3. The minimum absolute atomic E-state index is 0.410. The third kappa shape index (κ3) is 2.02. The highest BCUT2D eigenvalue weighted by molar-refractivity contribution is 7.85. The van der Waals surface area contributed by atoms with Crippen molar-refractivity contribution in [2.75, 3.05) is 5.73 Å². The zero-order chi connectivity index (χ0) is 13.4. The summed E-state index contributed by atoms with van der Waals surface area (Å²) in [6.07, 6.45) is 1.67. The number of nitrogen functional groups attached to an aromatic ring is 1. The van der Waals surface area contributed by atoms with Crippen LogP contribution in [0.25, 0.3) is 11.0 Å². The van der Waals surface area contributed by atoms with Crippen LogP contribution in [0.3, 0.4) is 0 Å². The standard InChI is InChI=1S/C14H13N3OS/c1-9-4-6-10(7-5-9)19(18)13-12-11(17-14(13)15)3-2-8-16-12/h2-8,17H,15H2,1H3. The molecule has 3 aromatic rings. The van der Waals surface area contributed by atoms with E-state index in [0.717, 1.165) is 16.0 Å². The van der Waals surface area contributed by atoms with Crippen molar-refractivity contribution in [2.45, 2.75) is 16.7 Å². The summed E-state index contributed by atoms with van der Waals surface area (Å²) in [5.74, 6) is 0.410. The molecular formula is C14H13N3OS. The van der Waals surface area contributed by atoms with E-state index in [9.17, 15) is 4.21 Å². The molecule has 0 aliphatic heterocycles. The van der Waals surface area contributed by atoms with Gasteiger partial charge in [0, 0.05) is 11.1 Å². The quantitative estimate of drug-likeness (QED) is 0.752. The van der Waals surface area contributed by atoms with E-state index in [2.05, 4.69) is 9.97 Å². The second-order valence-electron chi connectivity index (χ2n) is 4.35. The maximum atomic E-state index is 12.6. The van der Waals surface area contributed by atoms with Crippen LogP contribution in [0.1, 0.15) is 5.56 Å². The number of aromatic amines is 1. The van der Waals surface area contributed by atoms with E-state index in [-0.39, 0.29) is 0 Å². The predicted octanol–water partition coefficient (Wildman–Crippen LogP) is 2.62. The minimum atomic E-state index is -1.33. The van der Waals surface area contributed by atoms with E-state index < -0.39 is 10.8 Å². The lowest BCUT2D eigenvalue weighted by molar-refractivity contribution is 0.684. The summed E-state index contributed by atoms with van der Waals surface area (Å²) in [4.78, 5) is 8.55. The molecule has 19 heavy (non-hydrogen) atoms. The van der Waals surface area contributed by atoms with Crippen LogP contribution >= 0.6 is 0 Å². The third-order valence-corrected chi connectivity index (χ3v) is 4.44. The van der Waals surface area contributed by atoms with E-state index in [4.69, 9.17) is 5.73 Å². The Labute approximate surface area is 113 Å². The van der Waals surface area contributed by atoms with E-state index >= 15 is 0 Å². The lowest BCUT2D eigenvalue weighted by atomic mass is 10.2. The number of anilines is 1. The number of nitrogens with two attached hydrogens (primary N) is 1. The number of nitrogens with zero attached hydrogens (tertiary/aromatic N) is 1. The molecule has 1 atom stereocenters. The van der Waals surface area contributed by atoms with Crippen molar-refractivity contribution in [1.29, 1.82) is 0 Å². The second-order valence-corrected chi connectivity index (χ2v) is 5.77. The first kappa shape index (κ1) is 11.9. The van der Waals surface area contributed by atoms with Crippen molar-refractivity contribution < 1.29 is 4.21 Å². The number of benzene rings is 1. The van der Waals surface area contributed by atoms with Crippen LogP contribution in [0.5, 0.6) is 0 Å². The molecule has 0 saturated heterocycles. The highest BCUT2D eigenvalue weighted by atomic mass is 32.2. The number of aromatic nitrogens is 2. The number of H-pyrrole nitrogens is 1. The molecule has 1 aromatic carbocycles. The number of nitrogens with one attached hydrogen (secondary N) is 1. The van der Waals surface area contributed by atoms with Gasteiger partial charge in [0.1, 0.15) is 16.2 Å². The monoisotopic (exact) mass is 271 g/mol. The van der Waals surface area contributed by atoms with Gasteiger partial charge in [0.25, 0.3) is 0 Å². The van der Waals surface area contributed by atoms with Gasteiger partial charge < -0.3 is 10.7 Å². The van der Waals surface area contributed by atoms with Gasteiger partial charge in [-0.1, -0.05) is 17.7 Å². The molecule has 1 unspecified atom stereocenters. The molecule has 0 saturated carbocycles. The van der Waals surface area contributed by atoms with Gasteiger partial charge in [0.2, 0.25) is 0 Å². The van der Waals surface area contributed by atoms with Crippen LogP contribution < -0.4 is 5.73 Å². The van der Waals surface area contributed by atoms with Crippen LogP contribution in [-0.2, 0) is 10.8 Å². The Kier molecular flexibility index (Phi) is 2.83. The lowest BCUT2D eigenvalue weighted by Gasteiger charge is -2.02. The summed E-state index contributed by atoms with van der Waals surface area (Å²) in [6, 6.07) is 11.3. The van der Waals surface area contributed by atoms with E-state index in [1.165, 1.54) is 0 Å². The Morgan fingerprint density at radius 1 is 1.21 bits per heavy atom. The van der Waals surface area contributed by atoms with E-state index in [1.807, 2.05) is 43.3 Å². The molecule has 5 heteroatoms. The van der Waals surface area contributed by atoms with Crippen LogP contribution in [0.2, 0.25) is 0 Å². The first-order valence-corrected chi connectivity index (χ1v) is 7.02. The fourth-order valence-corrected chi connectivity index (χ4v) is 3.19. The fourth-order valence-electron chi connectivity index (χ4n) is 1.98. The van der Waals surface area contributed by atoms with Crippen molar-refractivity contribution in [3.8, 4) is 0 Å². The summed E-state index contributed by atoms with van der Waals surface area (Å²) in [6.45, 7) is 1.99. The van der Waals surface area contributed by atoms with Gasteiger partial charge >= 0.3 is 0 Å². The van der Waals surface area contributed by atoms with E-state index in [0.29, 0.717) is 16.2 Å². The summed E-state index contributed by atoms with van der Waals surface area (Å²) >= 11 is 0. The van der Waals surface area contributed by atoms with Gasteiger partial charge in [-0.25, -0.2) is 4.21 Å². The molecule has 0 aliphatic carbocycles. The Morgan fingerprint density at radius 2 is 1.95 bits per heavy atom. The Hall–Kier alpha value is -2.14. The van der Waals surface area contributed by atoms with Crippen LogP contribution in [0.4, 0.5) is 5.82 Å². The van der Waals surface area contributed by atoms with Gasteiger partial charge in [-0.15, -0.1) is 0 Å². The van der Waals surface area contributed by atoms with Crippen molar-refractivity contribution >= 4 is 27.7 Å². The number of pyridine rings is 1. The molecule has 2 heterocycles. The van der Waals surface area contributed by atoms with Crippen molar-refractivity contribution in [3.63, 3.8) is 0 Å². The van der Waals surface area contributed by atoms with E-state index in [1.54, 1.807) is 6.20 Å². The van der Waals surface area contributed by atoms with Gasteiger partial charge in [-0.05, 0) is 31.2 Å².